The van der Waals surface area contributed by atoms with Gasteiger partial charge in [0.05, 0.1) is 17.6 Å². The Morgan fingerprint density at radius 1 is 1.00 bits per heavy atom. The van der Waals surface area contributed by atoms with Crippen molar-refractivity contribution < 1.29 is 19.0 Å². The van der Waals surface area contributed by atoms with Crippen molar-refractivity contribution in [3.63, 3.8) is 0 Å². The highest BCUT2D eigenvalue weighted by Gasteiger charge is 2.35. The predicted octanol–water partition coefficient (Wildman–Crippen LogP) is 6.70. The maximum atomic E-state index is 13.2. The molecular weight excluding hydrogens is 502 g/mol. The number of carbonyl (C=O) groups is 1. The van der Waals surface area contributed by atoms with E-state index in [1.165, 1.54) is 5.56 Å². The Bertz CT molecular complexity index is 1480. The quantitative estimate of drug-likeness (QED) is 0.210. The van der Waals surface area contributed by atoms with Gasteiger partial charge in [0.15, 0.2) is 11.5 Å². The summed E-state index contributed by atoms with van der Waals surface area (Å²) < 4.78 is 19.7. The number of ether oxygens (including phenoxy) is 3. The molecule has 208 valence electrons. The maximum absolute atomic E-state index is 13.2. The van der Waals surface area contributed by atoms with Crippen LogP contribution in [0.3, 0.4) is 0 Å². The first-order chi connectivity index (χ1) is 19.6. The van der Waals surface area contributed by atoms with E-state index in [0.717, 1.165) is 59.9 Å². The van der Waals surface area contributed by atoms with Crippen molar-refractivity contribution in [1.29, 1.82) is 0 Å². The first kappa shape index (κ1) is 26.2. The predicted molar refractivity (Wildman–Crippen MR) is 157 cm³/mol. The van der Waals surface area contributed by atoms with Gasteiger partial charge < -0.3 is 23.7 Å². The van der Waals surface area contributed by atoms with Crippen molar-refractivity contribution in [2.75, 3.05) is 31.3 Å². The molecule has 0 aliphatic carbocycles. The fourth-order valence-electron chi connectivity index (χ4n) is 5.66. The summed E-state index contributed by atoms with van der Waals surface area (Å²) in [6.45, 7) is 7.63. The summed E-state index contributed by atoms with van der Waals surface area (Å²) in [5, 5.41) is 0. The Morgan fingerprint density at radius 3 is 2.62 bits per heavy atom. The van der Waals surface area contributed by atoms with Crippen LogP contribution in [0.5, 0.6) is 17.2 Å². The summed E-state index contributed by atoms with van der Waals surface area (Å²) in [4.78, 5) is 20.0. The second-order valence-corrected chi connectivity index (χ2v) is 10.8. The summed E-state index contributed by atoms with van der Waals surface area (Å²) in [6, 6.07) is 22.5. The molecule has 7 heteroatoms. The van der Waals surface area contributed by atoms with Gasteiger partial charge in [0.2, 0.25) is 5.91 Å². The third-order valence-electron chi connectivity index (χ3n) is 8.12. The number of fused-ring (bicyclic) bond motifs is 2. The minimum Gasteiger partial charge on any atom is -0.494 e. The van der Waals surface area contributed by atoms with Gasteiger partial charge in [0.25, 0.3) is 0 Å². The third-order valence-corrected chi connectivity index (χ3v) is 8.12. The van der Waals surface area contributed by atoms with Gasteiger partial charge in [-0.15, -0.1) is 0 Å². The summed E-state index contributed by atoms with van der Waals surface area (Å²) in [5.74, 6) is 4.02. The zero-order chi connectivity index (χ0) is 27.5. The van der Waals surface area contributed by atoms with Gasteiger partial charge in [-0.1, -0.05) is 38.1 Å². The number of imidazole rings is 1. The van der Waals surface area contributed by atoms with Crippen molar-refractivity contribution >= 4 is 22.6 Å². The third kappa shape index (κ3) is 5.37. The molecule has 2 atom stereocenters. The molecule has 7 nitrogen and oxygen atoms in total. The van der Waals surface area contributed by atoms with Crippen LogP contribution in [-0.4, -0.2) is 41.8 Å². The van der Waals surface area contributed by atoms with Crippen molar-refractivity contribution in [3.8, 4) is 17.2 Å². The van der Waals surface area contributed by atoms with Crippen molar-refractivity contribution in [3.05, 3.63) is 78.1 Å². The van der Waals surface area contributed by atoms with Gasteiger partial charge in [-0.05, 0) is 67.1 Å². The molecule has 0 radical (unpaired) electrons. The highest BCUT2D eigenvalue weighted by atomic mass is 16.6. The van der Waals surface area contributed by atoms with Gasteiger partial charge in [-0.25, -0.2) is 4.98 Å². The van der Waals surface area contributed by atoms with Crippen LogP contribution in [0.15, 0.2) is 66.7 Å². The molecular formula is C33H37N3O4. The number of para-hydroxylation sites is 2. The van der Waals surface area contributed by atoms with E-state index in [-0.39, 0.29) is 11.8 Å². The van der Waals surface area contributed by atoms with Gasteiger partial charge in [0, 0.05) is 37.2 Å². The van der Waals surface area contributed by atoms with Crippen LogP contribution in [0.1, 0.15) is 62.8 Å². The first-order valence-electron chi connectivity index (χ1n) is 14.5. The standard InChI is InChI=1S/C33H37N3O4/c1-3-23(2)24-10-13-27(14-11-24)38-17-7-6-16-35-29-9-5-4-8-28(29)34-33(35)25-20-32(37)36(22-25)26-12-15-30-31(21-26)40-19-18-39-30/h4-5,8-15,21,23,25H,3,6-7,16-20,22H2,1-2H3. The monoisotopic (exact) mass is 539 g/mol. The molecule has 1 aromatic heterocycles. The van der Waals surface area contributed by atoms with Crippen LogP contribution in [-0.2, 0) is 11.3 Å². The minimum atomic E-state index is 0.0216. The SMILES string of the molecule is CCC(C)c1ccc(OCCCCn2c(C3CC(=O)N(c4ccc5c(c4)OCCO5)C3)nc3ccccc32)cc1. The molecule has 0 saturated carbocycles. The fraction of sp³-hybridized carbons (Fsp3) is 0.394. The van der Waals surface area contributed by atoms with Crippen molar-refractivity contribution in [1.82, 2.24) is 9.55 Å². The second-order valence-electron chi connectivity index (χ2n) is 10.8. The molecule has 1 amide bonds. The van der Waals surface area contributed by atoms with Crippen LogP contribution in [0.2, 0.25) is 0 Å². The lowest BCUT2D eigenvalue weighted by molar-refractivity contribution is -0.117. The number of aryl methyl sites for hydroxylation is 1. The molecule has 2 aliphatic heterocycles. The lowest BCUT2D eigenvalue weighted by atomic mass is 9.99. The molecule has 2 unspecified atom stereocenters. The Labute approximate surface area is 235 Å². The van der Waals surface area contributed by atoms with Crippen LogP contribution in [0.4, 0.5) is 5.69 Å². The number of aromatic nitrogens is 2. The summed E-state index contributed by atoms with van der Waals surface area (Å²) in [7, 11) is 0. The number of rotatable bonds is 10. The van der Waals surface area contributed by atoms with Gasteiger partial charge in [-0.2, -0.15) is 0 Å². The molecule has 0 bridgehead atoms. The second kappa shape index (κ2) is 11.6. The summed E-state index contributed by atoms with van der Waals surface area (Å²) >= 11 is 0. The maximum Gasteiger partial charge on any atom is 0.227 e. The largest absolute Gasteiger partial charge is 0.494 e. The van der Waals surface area contributed by atoms with E-state index < -0.39 is 0 Å². The van der Waals surface area contributed by atoms with Crippen LogP contribution >= 0.6 is 0 Å². The number of anilines is 1. The van der Waals surface area contributed by atoms with E-state index in [1.807, 2.05) is 29.2 Å². The normalized spacial score (nSPS) is 17.4. The van der Waals surface area contributed by atoms with Gasteiger partial charge in [0.1, 0.15) is 24.8 Å². The van der Waals surface area contributed by atoms with E-state index in [1.54, 1.807) is 0 Å². The molecule has 1 saturated heterocycles. The number of carbonyl (C=O) groups excluding carboxylic acids is 1. The number of nitrogens with zero attached hydrogens (tertiary/aromatic N) is 3. The minimum absolute atomic E-state index is 0.0216. The smallest absolute Gasteiger partial charge is 0.227 e. The molecule has 0 spiro atoms. The fourth-order valence-corrected chi connectivity index (χ4v) is 5.66. The lowest BCUT2D eigenvalue weighted by Crippen LogP contribution is -2.25. The zero-order valence-corrected chi connectivity index (χ0v) is 23.3. The average Bonchev–Trinajstić information content (AvgIpc) is 3.57. The molecule has 6 rings (SSSR count). The van der Waals surface area contributed by atoms with E-state index in [9.17, 15) is 4.79 Å². The Hall–Kier alpha value is -4.00. The number of hydrogen-bond acceptors (Lipinski definition) is 5. The number of amides is 1. The van der Waals surface area contributed by atoms with E-state index in [4.69, 9.17) is 19.2 Å². The van der Waals surface area contributed by atoms with Gasteiger partial charge >= 0.3 is 0 Å². The van der Waals surface area contributed by atoms with Crippen LogP contribution in [0, 0.1) is 0 Å². The Morgan fingerprint density at radius 2 is 1.80 bits per heavy atom. The molecule has 1 fully saturated rings. The van der Waals surface area contributed by atoms with Crippen molar-refractivity contribution in [2.24, 2.45) is 0 Å². The molecule has 4 aromatic rings. The van der Waals surface area contributed by atoms with E-state index in [2.05, 4.69) is 60.9 Å². The van der Waals surface area contributed by atoms with E-state index >= 15 is 0 Å². The molecule has 0 N–H and O–H groups in total. The highest BCUT2D eigenvalue weighted by Crippen LogP contribution is 2.38. The van der Waals surface area contributed by atoms with Crippen LogP contribution < -0.4 is 19.1 Å². The molecule has 3 aromatic carbocycles. The topological polar surface area (TPSA) is 65.8 Å². The lowest BCUT2D eigenvalue weighted by Gasteiger charge is -2.22. The number of unbranched alkanes of at least 4 members (excludes halogenated alkanes) is 1. The number of hydrogen-bond donors (Lipinski definition) is 0. The summed E-state index contributed by atoms with van der Waals surface area (Å²) in [5.41, 5.74) is 4.28. The van der Waals surface area contributed by atoms with Crippen molar-refractivity contribution in [2.45, 2.75) is 57.9 Å². The summed E-state index contributed by atoms with van der Waals surface area (Å²) in [6.07, 6.45) is 3.47. The average molecular weight is 540 g/mol. The molecule has 3 heterocycles. The molecule has 40 heavy (non-hydrogen) atoms. The van der Waals surface area contributed by atoms with Gasteiger partial charge in [-0.3, -0.25) is 4.79 Å². The Kier molecular flexibility index (Phi) is 7.62. The van der Waals surface area contributed by atoms with E-state index in [0.29, 0.717) is 44.5 Å². The van der Waals surface area contributed by atoms with Crippen LogP contribution in [0.25, 0.3) is 11.0 Å². The molecule has 2 aliphatic rings. The first-order valence-corrected chi connectivity index (χ1v) is 14.5. The highest BCUT2D eigenvalue weighted by molar-refractivity contribution is 5.97. The zero-order valence-electron chi connectivity index (χ0n) is 23.3. The number of benzene rings is 3. The Balaban J connectivity index is 1.12.